The number of pyridine rings is 2. The van der Waals surface area contributed by atoms with E-state index in [-0.39, 0.29) is 6.61 Å². The lowest BCUT2D eigenvalue weighted by Crippen LogP contribution is -2.10. The van der Waals surface area contributed by atoms with E-state index in [0.29, 0.717) is 39.9 Å². The van der Waals surface area contributed by atoms with E-state index in [4.69, 9.17) is 18.9 Å². The largest absolute Gasteiger partial charge is 0.496 e. The van der Waals surface area contributed by atoms with Gasteiger partial charge in [-0.25, -0.2) is 9.78 Å². The third-order valence-corrected chi connectivity index (χ3v) is 3.39. The van der Waals surface area contributed by atoms with Crippen LogP contribution < -0.4 is 14.2 Å². The molecule has 0 N–H and O–H groups in total. The first-order valence-corrected chi connectivity index (χ1v) is 7.36. The second-order valence-corrected chi connectivity index (χ2v) is 4.83. The number of methoxy groups -OCH3 is 3. The Bertz CT molecular complexity index is 746. The molecule has 0 saturated heterocycles. The molecule has 0 aliphatic rings. The Morgan fingerprint density at radius 1 is 1.08 bits per heavy atom. The van der Waals surface area contributed by atoms with Crippen molar-refractivity contribution < 1.29 is 23.7 Å². The van der Waals surface area contributed by atoms with Crippen LogP contribution in [0.5, 0.6) is 17.4 Å². The molecule has 7 nitrogen and oxygen atoms in total. The number of ether oxygens (including phenoxy) is 4. The third-order valence-electron chi connectivity index (χ3n) is 3.39. The fourth-order valence-corrected chi connectivity index (χ4v) is 2.28. The molecule has 0 saturated carbocycles. The minimum absolute atomic E-state index is 0.281. The van der Waals surface area contributed by atoms with Crippen molar-refractivity contribution in [2.24, 2.45) is 0 Å². The summed E-state index contributed by atoms with van der Waals surface area (Å²) in [4.78, 5) is 20.8. The lowest BCUT2D eigenvalue weighted by Gasteiger charge is -2.13. The van der Waals surface area contributed by atoms with Gasteiger partial charge in [0.25, 0.3) is 5.88 Å². The molecule has 0 amide bonds. The van der Waals surface area contributed by atoms with Crippen LogP contribution in [-0.4, -0.2) is 43.9 Å². The number of aromatic nitrogens is 2. The van der Waals surface area contributed by atoms with E-state index in [0.717, 1.165) is 0 Å². The van der Waals surface area contributed by atoms with Crippen molar-refractivity contribution in [1.29, 1.82) is 0 Å². The molecule has 0 aliphatic heterocycles. The van der Waals surface area contributed by atoms with Gasteiger partial charge in [0.05, 0.1) is 39.3 Å². The Kier molecular flexibility index (Phi) is 5.57. The molecule has 0 unspecified atom stereocenters. The standard InChI is InChI=1S/C17H20N2O5/c1-6-24-17(20)15-10(2)19-12(8-13(15)21-3)11-7-14(22-4)16(23-5)18-9-11/h7-9H,6H2,1-5H3. The molecule has 0 bridgehead atoms. The van der Waals surface area contributed by atoms with Gasteiger partial charge in [-0.2, -0.15) is 0 Å². The number of carbonyl (C=O) groups is 1. The van der Waals surface area contributed by atoms with Crippen molar-refractivity contribution in [2.75, 3.05) is 27.9 Å². The molecule has 128 valence electrons. The Morgan fingerprint density at radius 2 is 1.79 bits per heavy atom. The van der Waals surface area contributed by atoms with E-state index < -0.39 is 5.97 Å². The van der Waals surface area contributed by atoms with Crippen molar-refractivity contribution in [3.8, 4) is 28.6 Å². The maximum atomic E-state index is 12.1. The monoisotopic (exact) mass is 332 g/mol. The van der Waals surface area contributed by atoms with Crippen LogP contribution >= 0.6 is 0 Å². The summed E-state index contributed by atoms with van der Waals surface area (Å²) >= 11 is 0. The number of aryl methyl sites for hydroxylation is 1. The zero-order valence-corrected chi connectivity index (χ0v) is 14.4. The molecule has 24 heavy (non-hydrogen) atoms. The Balaban J connectivity index is 2.53. The molecule has 7 heteroatoms. The molecule has 2 heterocycles. The third kappa shape index (κ3) is 3.40. The van der Waals surface area contributed by atoms with Crippen molar-refractivity contribution >= 4 is 5.97 Å². The smallest absolute Gasteiger partial charge is 0.343 e. The Hall–Kier alpha value is -2.83. The second-order valence-electron chi connectivity index (χ2n) is 4.83. The maximum absolute atomic E-state index is 12.1. The van der Waals surface area contributed by atoms with Crippen molar-refractivity contribution in [3.05, 3.63) is 29.6 Å². The number of rotatable bonds is 6. The summed E-state index contributed by atoms with van der Waals surface area (Å²) in [5, 5.41) is 0. The van der Waals surface area contributed by atoms with Gasteiger partial charge in [0.2, 0.25) is 0 Å². The summed E-state index contributed by atoms with van der Waals surface area (Å²) in [6.45, 7) is 3.76. The molecule has 0 aliphatic carbocycles. The van der Waals surface area contributed by atoms with Gasteiger partial charge in [-0.1, -0.05) is 0 Å². The van der Waals surface area contributed by atoms with Crippen LogP contribution in [-0.2, 0) is 4.74 Å². The summed E-state index contributed by atoms with van der Waals surface area (Å²) in [7, 11) is 4.55. The minimum atomic E-state index is -0.462. The predicted molar refractivity (Wildman–Crippen MR) is 87.8 cm³/mol. The summed E-state index contributed by atoms with van der Waals surface area (Å²) in [6, 6.07) is 3.43. The molecule has 2 rings (SSSR count). The summed E-state index contributed by atoms with van der Waals surface area (Å²) in [5.41, 5.74) is 2.14. The van der Waals surface area contributed by atoms with E-state index in [2.05, 4.69) is 9.97 Å². The predicted octanol–water partition coefficient (Wildman–Crippen LogP) is 2.65. The highest BCUT2D eigenvalue weighted by atomic mass is 16.5. The van der Waals surface area contributed by atoms with Gasteiger partial charge in [0, 0.05) is 17.8 Å². The number of carbonyl (C=O) groups excluding carboxylic acids is 1. The van der Waals surface area contributed by atoms with Crippen LogP contribution in [0.4, 0.5) is 0 Å². The van der Waals surface area contributed by atoms with E-state index >= 15 is 0 Å². The lowest BCUT2D eigenvalue weighted by atomic mass is 10.1. The Morgan fingerprint density at radius 3 is 2.38 bits per heavy atom. The zero-order chi connectivity index (χ0) is 17.7. The van der Waals surface area contributed by atoms with Crippen molar-refractivity contribution in [3.63, 3.8) is 0 Å². The van der Waals surface area contributed by atoms with Crippen LogP contribution in [0.1, 0.15) is 23.0 Å². The highest BCUT2D eigenvalue weighted by Gasteiger charge is 2.20. The number of esters is 1. The molecule has 0 fully saturated rings. The summed E-state index contributed by atoms with van der Waals surface area (Å²) in [6.07, 6.45) is 1.62. The van der Waals surface area contributed by atoms with Crippen LogP contribution in [0.15, 0.2) is 18.3 Å². The molecule has 0 radical (unpaired) electrons. The summed E-state index contributed by atoms with van der Waals surface area (Å²) < 4.78 is 20.8. The van der Waals surface area contributed by atoms with Crippen LogP contribution in [0, 0.1) is 6.92 Å². The van der Waals surface area contributed by atoms with E-state index in [1.807, 2.05) is 0 Å². The topological polar surface area (TPSA) is 79.8 Å². The van der Waals surface area contributed by atoms with Crippen LogP contribution in [0.2, 0.25) is 0 Å². The van der Waals surface area contributed by atoms with Gasteiger partial charge >= 0.3 is 5.97 Å². The van der Waals surface area contributed by atoms with Gasteiger partial charge in [-0.05, 0) is 19.9 Å². The molecule has 2 aromatic rings. The molecular formula is C17H20N2O5. The van der Waals surface area contributed by atoms with Crippen LogP contribution in [0.25, 0.3) is 11.3 Å². The Labute approximate surface area is 140 Å². The highest BCUT2D eigenvalue weighted by Crippen LogP contribution is 2.32. The van der Waals surface area contributed by atoms with Gasteiger partial charge < -0.3 is 18.9 Å². The maximum Gasteiger partial charge on any atom is 0.343 e. The molecule has 0 atom stereocenters. The molecule has 0 spiro atoms. The van der Waals surface area contributed by atoms with Gasteiger partial charge in [0.15, 0.2) is 5.75 Å². The fourth-order valence-electron chi connectivity index (χ4n) is 2.28. The highest BCUT2D eigenvalue weighted by molar-refractivity contribution is 5.94. The lowest BCUT2D eigenvalue weighted by molar-refractivity contribution is 0.0521. The zero-order valence-electron chi connectivity index (χ0n) is 14.4. The SMILES string of the molecule is CCOC(=O)c1c(OC)cc(-c2cnc(OC)c(OC)c2)nc1C. The average molecular weight is 332 g/mol. The molecule has 0 aromatic carbocycles. The van der Waals surface area contributed by atoms with Gasteiger partial charge in [-0.15, -0.1) is 0 Å². The van der Waals surface area contributed by atoms with Gasteiger partial charge in [-0.3, -0.25) is 4.98 Å². The number of hydrogen-bond acceptors (Lipinski definition) is 7. The number of hydrogen-bond donors (Lipinski definition) is 0. The van der Waals surface area contributed by atoms with E-state index in [1.54, 1.807) is 32.2 Å². The summed E-state index contributed by atoms with van der Waals surface area (Å²) in [5.74, 6) is 0.804. The second kappa shape index (κ2) is 7.63. The number of nitrogens with zero attached hydrogens (tertiary/aromatic N) is 2. The molecule has 2 aromatic heterocycles. The van der Waals surface area contributed by atoms with E-state index in [1.165, 1.54) is 21.3 Å². The molecular weight excluding hydrogens is 312 g/mol. The quantitative estimate of drug-likeness (QED) is 0.752. The van der Waals surface area contributed by atoms with Crippen molar-refractivity contribution in [2.45, 2.75) is 13.8 Å². The van der Waals surface area contributed by atoms with E-state index in [9.17, 15) is 4.79 Å². The van der Waals surface area contributed by atoms with Gasteiger partial charge in [0.1, 0.15) is 11.3 Å². The van der Waals surface area contributed by atoms with Crippen LogP contribution in [0.3, 0.4) is 0 Å². The average Bonchev–Trinajstić information content (AvgIpc) is 2.60. The first kappa shape index (κ1) is 17.5. The fraction of sp³-hybridized carbons (Fsp3) is 0.353. The normalized spacial score (nSPS) is 10.2. The first-order chi connectivity index (χ1) is 11.5. The minimum Gasteiger partial charge on any atom is -0.496 e. The van der Waals surface area contributed by atoms with Crippen molar-refractivity contribution in [1.82, 2.24) is 9.97 Å². The first-order valence-electron chi connectivity index (χ1n) is 7.36.